The van der Waals surface area contributed by atoms with Crippen LogP contribution in [-0.2, 0) is 5.75 Å². The summed E-state index contributed by atoms with van der Waals surface area (Å²) in [6, 6.07) is 8.71. The Morgan fingerprint density at radius 1 is 1.40 bits per heavy atom. The van der Waals surface area contributed by atoms with E-state index in [4.69, 9.17) is 0 Å². The zero-order chi connectivity index (χ0) is 6.97. The van der Waals surface area contributed by atoms with Crippen LogP contribution in [0.4, 0.5) is 0 Å². The van der Waals surface area contributed by atoms with Gasteiger partial charge in [-0.05, 0) is 18.1 Å². The number of rotatable bonds is 0. The van der Waals surface area contributed by atoms with Gasteiger partial charge in [0.15, 0.2) is 0 Å². The second-order valence-corrected chi connectivity index (χ2v) is 3.98. The van der Waals surface area contributed by atoms with Crippen LogP contribution in [-0.4, -0.2) is 0 Å². The third kappa shape index (κ3) is 0.853. The molecule has 1 aromatic rings. The maximum Gasteiger partial charge on any atom is 0.0275 e. The van der Waals surface area contributed by atoms with E-state index in [1.165, 1.54) is 16.9 Å². The number of thioether (sulfide) groups is 1. The van der Waals surface area contributed by atoms with Gasteiger partial charge in [-0.2, -0.15) is 0 Å². The van der Waals surface area contributed by atoms with Gasteiger partial charge in [-0.1, -0.05) is 24.3 Å². The molecule has 1 heterocycles. The average Bonchev–Trinajstić information content (AvgIpc) is 2.34. The molecule has 0 aromatic heterocycles. The van der Waals surface area contributed by atoms with Crippen LogP contribution in [0.3, 0.4) is 0 Å². The molecule has 0 fully saturated rings. The summed E-state index contributed by atoms with van der Waals surface area (Å²) in [5, 5.41) is 0.719. The van der Waals surface area contributed by atoms with E-state index < -0.39 is 0 Å². The lowest BCUT2D eigenvalue weighted by molar-refractivity contribution is 1.11. The molecular formula is C9H10S. The second-order valence-electron chi connectivity index (χ2n) is 2.65. The zero-order valence-corrected chi connectivity index (χ0v) is 6.82. The second kappa shape index (κ2) is 2.31. The van der Waals surface area contributed by atoms with Crippen LogP contribution in [0.25, 0.3) is 0 Å². The molecule has 52 valence electrons. The van der Waals surface area contributed by atoms with Gasteiger partial charge < -0.3 is 0 Å². The van der Waals surface area contributed by atoms with Gasteiger partial charge in [0.1, 0.15) is 0 Å². The Morgan fingerprint density at radius 2 is 2.20 bits per heavy atom. The predicted molar refractivity (Wildman–Crippen MR) is 46.2 cm³/mol. The lowest BCUT2D eigenvalue weighted by atomic mass is 10.1. The van der Waals surface area contributed by atoms with Gasteiger partial charge in [-0.25, -0.2) is 0 Å². The monoisotopic (exact) mass is 150 g/mol. The third-order valence-electron chi connectivity index (χ3n) is 1.98. The average molecular weight is 150 g/mol. The summed E-state index contributed by atoms with van der Waals surface area (Å²) in [5.41, 5.74) is 3.06. The standard InChI is InChI=1S/C9H10S/c1-7-9-5-3-2-4-8(9)6-10-7/h2-5,7H,6H2,1H3/t7-/m0/s1. The predicted octanol–water partition coefficient (Wildman–Crippen LogP) is 2.99. The van der Waals surface area contributed by atoms with Crippen LogP contribution in [0.15, 0.2) is 24.3 Å². The van der Waals surface area contributed by atoms with Crippen molar-refractivity contribution in [3.8, 4) is 0 Å². The van der Waals surface area contributed by atoms with Gasteiger partial charge in [-0.15, -0.1) is 11.8 Å². The highest BCUT2D eigenvalue weighted by Crippen LogP contribution is 2.40. The first-order valence-electron chi connectivity index (χ1n) is 3.57. The fourth-order valence-electron chi connectivity index (χ4n) is 1.37. The first-order chi connectivity index (χ1) is 4.88. The summed E-state index contributed by atoms with van der Waals surface area (Å²) in [6.45, 7) is 2.27. The maximum absolute atomic E-state index is 2.27. The molecule has 0 bridgehead atoms. The molecule has 0 saturated carbocycles. The molecule has 0 amide bonds. The van der Waals surface area contributed by atoms with E-state index in [2.05, 4.69) is 31.2 Å². The van der Waals surface area contributed by atoms with Crippen LogP contribution in [0.1, 0.15) is 23.3 Å². The summed E-state index contributed by atoms with van der Waals surface area (Å²) in [7, 11) is 0. The number of hydrogen-bond acceptors (Lipinski definition) is 1. The van der Waals surface area contributed by atoms with Crippen molar-refractivity contribution in [3.05, 3.63) is 35.4 Å². The lowest BCUT2D eigenvalue weighted by Crippen LogP contribution is -1.82. The van der Waals surface area contributed by atoms with Crippen molar-refractivity contribution in [2.45, 2.75) is 17.9 Å². The molecule has 0 nitrogen and oxygen atoms in total. The molecule has 1 heteroatoms. The molecule has 0 N–H and O–H groups in total. The van der Waals surface area contributed by atoms with E-state index in [0.717, 1.165) is 5.25 Å². The number of fused-ring (bicyclic) bond motifs is 1. The van der Waals surface area contributed by atoms with E-state index in [1.807, 2.05) is 11.8 Å². The van der Waals surface area contributed by atoms with Crippen molar-refractivity contribution in [3.63, 3.8) is 0 Å². The molecule has 1 aliphatic rings. The Morgan fingerprint density at radius 3 is 3.00 bits per heavy atom. The molecule has 2 rings (SSSR count). The number of hydrogen-bond donors (Lipinski definition) is 0. The molecule has 0 unspecified atom stereocenters. The lowest BCUT2D eigenvalue weighted by Gasteiger charge is -2.00. The van der Waals surface area contributed by atoms with Crippen molar-refractivity contribution >= 4 is 11.8 Å². The first kappa shape index (κ1) is 6.29. The quantitative estimate of drug-likeness (QED) is 0.548. The van der Waals surface area contributed by atoms with Crippen LogP contribution in [0, 0.1) is 0 Å². The molecule has 10 heavy (non-hydrogen) atoms. The third-order valence-corrected chi connectivity index (χ3v) is 3.21. The van der Waals surface area contributed by atoms with Crippen molar-refractivity contribution in [1.29, 1.82) is 0 Å². The molecular weight excluding hydrogens is 140 g/mol. The minimum atomic E-state index is 0.719. The summed E-state index contributed by atoms with van der Waals surface area (Å²) in [4.78, 5) is 0. The van der Waals surface area contributed by atoms with Gasteiger partial charge in [-0.3, -0.25) is 0 Å². The summed E-state index contributed by atoms with van der Waals surface area (Å²) in [5.74, 6) is 1.21. The first-order valence-corrected chi connectivity index (χ1v) is 4.62. The number of benzene rings is 1. The smallest absolute Gasteiger partial charge is 0.0275 e. The van der Waals surface area contributed by atoms with Gasteiger partial charge in [0, 0.05) is 11.0 Å². The van der Waals surface area contributed by atoms with Crippen LogP contribution in [0.2, 0.25) is 0 Å². The van der Waals surface area contributed by atoms with E-state index in [9.17, 15) is 0 Å². The highest BCUT2D eigenvalue weighted by Gasteiger charge is 2.16. The summed E-state index contributed by atoms with van der Waals surface area (Å²) < 4.78 is 0. The highest BCUT2D eigenvalue weighted by molar-refractivity contribution is 7.99. The Bertz CT molecular complexity index is 242. The van der Waals surface area contributed by atoms with Crippen LogP contribution >= 0.6 is 11.8 Å². The van der Waals surface area contributed by atoms with Crippen LogP contribution < -0.4 is 0 Å². The normalized spacial score (nSPS) is 22.7. The van der Waals surface area contributed by atoms with Crippen molar-refractivity contribution in [2.24, 2.45) is 0 Å². The van der Waals surface area contributed by atoms with E-state index >= 15 is 0 Å². The van der Waals surface area contributed by atoms with Gasteiger partial charge in [0.05, 0.1) is 0 Å². The fraction of sp³-hybridized carbons (Fsp3) is 0.333. The molecule has 0 spiro atoms. The maximum atomic E-state index is 2.27. The van der Waals surface area contributed by atoms with Crippen molar-refractivity contribution < 1.29 is 0 Å². The van der Waals surface area contributed by atoms with Gasteiger partial charge >= 0.3 is 0 Å². The molecule has 1 aromatic carbocycles. The van der Waals surface area contributed by atoms with Crippen molar-refractivity contribution in [2.75, 3.05) is 0 Å². The van der Waals surface area contributed by atoms with E-state index in [-0.39, 0.29) is 0 Å². The fourth-order valence-corrected chi connectivity index (χ4v) is 2.47. The Balaban J connectivity index is 2.51. The Kier molecular flexibility index (Phi) is 1.46. The van der Waals surface area contributed by atoms with E-state index in [0.29, 0.717) is 0 Å². The van der Waals surface area contributed by atoms with Crippen LogP contribution in [0.5, 0.6) is 0 Å². The molecule has 0 aliphatic carbocycles. The Hall–Kier alpha value is -0.430. The minimum absolute atomic E-state index is 0.719. The van der Waals surface area contributed by atoms with Gasteiger partial charge in [0.25, 0.3) is 0 Å². The summed E-state index contributed by atoms with van der Waals surface area (Å²) >= 11 is 2.03. The molecule has 0 saturated heterocycles. The Labute approximate surface area is 65.6 Å². The topological polar surface area (TPSA) is 0 Å². The van der Waals surface area contributed by atoms with Crippen molar-refractivity contribution in [1.82, 2.24) is 0 Å². The van der Waals surface area contributed by atoms with E-state index in [1.54, 1.807) is 0 Å². The summed E-state index contributed by atoms with van der Waals surface area (Å²) in [6.07, 6.45) is 0. The SMILES string of the molecule is C[C@@H]1SCc2ccccc21. The molecule has 1 aliphatic heterocycles. The zero-order valence-electron chi connectivity index (χ0n) is 6.00. The van der Waals surface area contributed by atoms with Gasteiger partial charge in [0.2, 0.25) is 0 Å². The molecule has 1 atom stereocenters. The highest BCUT2D eigenvalue weighted by atomic mass is 32.2. The molecule has 0 radical (unpaired) electrons. The minimum Gasteiger partial charge on any atom is -0.149 e. The largest absolute Gasteiger partial charge is 0.149 e.